The van der Waals surface area contributed by atoms with Crippen molar-refractivity contribution < 1.29 is 8.78 Å². The first-order valence-electron chi connectivity index (χ1n) is 5.62. The van der Waals surface area contributed by atoms with Crippen molar-refractivity contribution in [3.8, 4) is 0 Å². The third kappa shape index (κ3) is 3.44. The van der Waals surface area contributed by atoms with Gasteiger partial charge in [0.2, 0.25) is 0 Å². The molecule has 0 amide bonds. The van der Waals surface area contributed by atoms with Gasteiger partial charge in [-0.1, -0.05) is 29.3 Å². The molecule has 0 fully saturated rings. The highest BCUT2D eigenvalue weighted by molar-refractivity contribution is 6.33. The number of hydrogen-bond acceptors (Lipinski definition) is 1. The second-order valence-electron chi connectivity index (χ2n) is 4.21. The van der Waals surface area contributed by atoms with Gasteiger partial charge in [0.15, 0.2) is 0 Å². The summed E-state index contributed by atoms with van der Waals surface area (Å²) in [6, 6.07) is 7.84. The van der Waals surface area contributed by atoms with E-state index in [0.29, 0.717) is 21.2 Å². The van der Waals surface area contributed by atoms with Gasteiger partial charge in [-0.3, -0.25) is 0 Å². The molecule has 1 unspecified atom stereocenters. The lowest BCUT2D eigenvalue weighted by Crippen LogP contribution is -2.14. The maximum absolute atomic E-state index is 13.6. The molecule has 0 bridgehead atoms. The highest BCUT2D eigenvalue weighted by Crippen LogP contribution is 2.27. The summed E-state index contributed by atoms with van der Waals surface area (Å²) in [7, 11) is 0. The second kappa shape index (κ2) is 5.87. The Balaban J connectivity index is 2.25. The Hall–Kier alpha value is -1.16. The van der Waals surface area contributed by atoms with Crippen molar-refractivity contribution in [3.63, 3.8) is 0 Å². The van der Waals surface area contributed by atoms with Crippen LogP contribution in [-0.2, 0) is 6.42 Å². The van der Waals surface area contributed by atoms with E-state index in [9.17, 15) is 8.78 Å². The first kappa shape index (κ1) is 14.3. The van der Waals surface area contributed by atoms with Crippen molar-refractivity contribution >= 4 is 23.2 Å². The normalized spacial score (nSPS) is 12.5. The molecular weight excluding hydrogens is 291 g/mol. The molecule has 5 heteroatoms. The second-order valence-corrected chi connectivity index (χ2v) is 5.06. The van der Waals surface area contributed by atoms with Crippen LogP contribution in [0.5, 0.6) is 0 Å². The van der Waals surface area contributed by atoms with Crippen molar-refractivity contribution in [2.24, 2.45) is 5.73 Å². The van der Waals surface area contributed by atoms with Gasteiger partial charge in [-0.15, -0.1) is 0 Å². The maximum atomic E-state index is 13.6. The third-order valence-corrected chi connectivity index (χ3v) is 3.39. The molecule has 0 saturated carbocycles. The van der Waals surface area contributed by atoms with E-state index in [0.717, 1.165) is 6.07 Å². The molecule has 2 rings (SSSR count). The van der Waals surface area contributed by atoms with Crippen LogP contribution in [0.15, 0.2) is 36.4 Å². The van der Waals surface area contributed by atoms with Crippen LogP contribution in [-0.4, -0.2) is 0 Å². The van der Waals surface area contributed by atoms with Gasteiger partial charge in [0.1, 0.15) is 11.6 Å². The summed E-state index contributed by atoms with van der Waals surface area (Å²) in [5.41, 5.74) is 6.98. The van der Waals surface area contributed by atoms with Crippen LogP contribution < -0.4 is 5.73 Å². The van der Waals surface area contributed by atoms with E-state index >= 15 is 0 Å². The molecule has 0 saturated heterocycles. The fourth-order valence-corrected chi connectivity index (χ4v) is 2.27. The van der Waals surface area contributed by atoms with Crippen LogP contribution in [0.4, 0.5) is 8.78 Å². The van der Waals surface area contributed by atoms with Crippen LogP contribution in [0, 0.1) is 11.6 Å². The predicted octanol–water partition coefficient (Wildman–Crippen LogP) is 4.51. The molecule has 0 aromatic heterocycles. The van der Waals surface area contributed by atoms with Gasteiger partial charge in [-0.05, 0) is 41.8 Å². The van der Waals surface area contributed by atoms with E-state index < -0.39 is 17.7 Å². The summed E-state index contributed by atoms with van der Waals surface area (Å²) in [6.45, 7) is 0. The lowest BCUT2D eigenvalue weighted by Gasteiger charge is -2.14. The first-order valence-corrected chi connectivity index (χ1v) is 6.37. The fraction of sp³-hybridized carbons (Fsp3) is 0.143. The van der Waals surface area contributed by atoms with Gasteiger partial charge in [0.05, 0.1) is 0 Å². The van der Waals surface area contributed by atoms with E-state index in [1.54, 1.807) is 18.2 Å². The molecule has 0 spiro atoms. The van der Waals surface area contributed by atoms with E-state index in [1.807, 2.05) is 0 Å². The van der Waals surface area contributed by atoms with Gasteiger partial charge in [0.25, 0.3) is 0 Å². The Morgan fingerprint density at radius 3 is 2.47 bits per heavy atom. The summed E-state index contributed by atoms with van der Waals surface area (Å²) in [6.07, 6.45) is 0.214. The maximum Gasteiger partial charge on any atom is 0.129 e. The molecule has 100 valence electrons. The molecule has 2 N–H and O–H groups in total. The standard InChI is InChI=1S/C14H11Cl2F2N/c15-9-2-4-12(16)11(6-9)14(19)5-8-1-3-10(17)7-13(8)18/h1-4,6-7,14H,5,19H2. The number of halogens is 4. The highest BCUT2D eigenvalue weighted by Gasteiger charge is 2.14. The Morgan fingerprint density at radius 1 is 1.05 bits per heavy atom. The van der Waals surface area contributed by atoms with Gasteiger partial charge in [-0.25, -0.2) is 8.78 Å². The molecule has 2 aromatic rings. The fourth-order valence-electron chi connectivity index (χ4n) is 1.83. The minimum atomic E-state index is -0.617. The van der Waals surface area contributed by atoms with E-state index in [1.165, 1.54) is 12.1 Å². The Morgan fingerprint density at radius 2 is 1.79 bits per heavy atom. The minimum Gasteiger partial charge on any atom is -0.324 e. The van der Waals surface area contributed by atoms with E-state index in [2.05, 4.69) is 0 Å². The minimum absolute atomic E-state index is 0.214. The Kier molecular flexibility index (Phi) is 4.40. The molecule has 0 heterocycles. The molecule has 1 atom stereocenters. The van der Waals surface area contributed by atoms with Gasteiger partial charge >= 0.3 is 0 Å². The van der Waals surface area contributed by atoms with Crippen molar-refractivity contribution in [2.75, 3.05) is 0 Å². The summed E-state index contributed by atoms with van der Waals surface area (Å²) < 4.78 is 26.4. The summed E-state index contributed by atoms with van der Waals surface area (Å²) >= 11 is 11.9. The zero-order valence-corrected chi connectivity index (χ0v) is 11.3. The third-order valence-electron chi connectivity index (χ3n) is 2.81. The first-order chi connectivity index (χ1) is 8.97. The monoisotopic (exact) mass is 301 g/mol. The Bertz CT molecular complexity index is 602. The largest absolute Gasteiger partial charge is 0.324 e. The zero-order chi connectivity index (χ0) is 14.0. The van der Waals surface area contributed by atoms with Gasteiger partial charge in [-0.2, -0.15) is 0 Å². The highest BCUT2D eigenvalue weighted by atomic mass is 35.5. The van der Waals surface area contributed by atoms with Crippen LogP contribution in [0.1, 0.15) is 17.2 Å². The van der Waals surface area contributed by atoms with Crippen LogP contribution in [0.3, 0.4) is 0 Å². The van der Waals surface area contributed by atoms with Crippen LogP contribution in [0.2, 0.25) is 10.0 Å². The van der Waals surface area contributed by atoms with Crippen molar-refractivity contribution in [2.45, 2.75) is 12.5 Å². The van der Waals surface area contributed by atoms with E-state index in [-0.39, 0.29) is 6.42 Å². The summed E-state index contributed by atoms with van der Waals surface area (Å²) in [4.78, 5) is 0. The van der Waals surface area contributed by atoms with Gasteiger partial charge < -0.3 is 5.73 Å². The van der Waals surface area contributed by atoms with Crippen molar-refractivity contribution in [3.05, 3.63) is 69.2 Å². The number of hydrogen-bond donors (Lipinski definition) is 1. The van der Waals surface area contributed by atoms with Gasteiger partial charge in [0, 0.05) is 22.2 Å². The lowest BCUT2D eigenvalue weighted by molar-refractivity contribution is 0.563. The summed E-state index contributed by atoms with van der Waals surface area (Å²) in [5.74, 6) is -1.23. The van der Waals surface area contributed by atoms with E-state index in [4.69, 9.17) is 28.9 Å². The number of nitrogens with two attached hydrogens (primary N) is 1. The molecule has 2 aromatic carbocycles. The SMILES string of the molecule is NC(Cc1ccc(F)cc1F)c1cc(Cl)ccc1Cl. The van der Waals surface area contributed by atoms with Crippen molar-refractivity contribution in [1.82, 2.24) is 0 Å². The smallest absolute Gasteiger partial charge is 0.129 e. The quantitative estimate of drug-likeness (QED) is 0.886. The molecule has 0 aliphatic rings. The molecule has 0 aliphatic carbocycles. The lowest BCUT2D eigenvalue weighted by atomic mass is 9.99. The predicted molar refractivity (Wildman–Crippen MR) is 73.5 cm³/mol. The average molecular weight is 302 g/mol. The molecule has 0 aliphatic heterocycles. The van der Waals surface area contributed by atoms with Crippen molar-refractivity contribution in [1.29, 1.82) is 0 Å². The molecule has 0 radical (unpaired) electrons. The molecule has 19 heavy (non-hydrogen) atoms. The molecule has 1 nitrogen and oxygen atoms in total. The number of benzene rings is 2. The summed E-state index contributed by atoms with van der Waals surface area (Å²) in [5, 5.41) is 0.980. The molecular formula is C14H11Cl2F2N. The average Bonchev–Trinajstić information content (AvgIpc) is 2.35. The zero-order valence-electron chi connectivity index (χ0n) is 9.84. The van der Waals surface area contributed by atoms with Crippen LogP contribution >= 0.6 is 23.2 Å². The number of rotatable bonds is 3. The Labute approximate surface area is 119 Å². The topological polar surface area (TPSA) is 26.0 Å². The van der Waals surface area contributed by atoms with Crippen LogP contribution in [0.25, 0.3) is 0 Å².